The number of halogens is 1. The van der Waals surface area contributed by atoms with Crippen molar-refractivity contribution < 1.29 is 4.74 Å². The zero-order chi connectivity index (χ0) is 18.8. The number of hydrogen-bond acceptors (Lipinski definition) is 3. The fourth-order valence-electron chi connectivity index (χ4n) is 3.29. The van der Waals surface area contributed by atoms with Crippen LogP contribution in [0.15, 0.2) is 41.9 Å². The first-order chi connectivity index (χ1) is 12.7. The van der Waals surface area contributed by atoms with Crippen LogP contribution >= 0.6 is 24.0 Å². The fraction of sp³-hybridized carbons (Fsp3) is 0.571. The molecular formula is C21H35IN4O. The zero-order valence-electron chi connectivity index (χ0n) is 17.0. The van der Waals surface area contributed by atoms with Crippen molar-refractivity contribution in [2.45, 2.75) is 25.8 Å². The number of allylic oxidation sites excluding steroid dienone is 1. The minimum atomic E-state index is 0. The largest absolute Gasteiger partial charge is 0.379 e. The first-order valence-corrected chi connectivity index (χ1v) is 9.56. The molecule has 0 saturated carbocycles. The molecule has 1 aromatic carbocycles. The molecule has 1 aliphatic heterocycles. The highest BCUT2D eigenvalue weighted by Crippen LogP contribution is 2.22. The van der Waals surface area contributed by atoms with Gasteiger partial charge < -0.3 is 15.0 Å². The zero-order valence-corrected chi connectivity index (χ0v) is 19.3. The van der Waals surface area contributed by atoms with Gasteiger partial charge in [-0.05, 0) is 25.3 Å². The van der Waals surface area contributed by atoms with E-state index >= 15 is 0 Å². The van der Waals surface area contributed by atoms with Crippen LogP contribution in [-0.4, -0.2) is 69.2 Å². The van der Waals surface area contributed by atoms with Crippen molar-refractivity contribution in [3.8, 4) is 0 Å². The van der Waals surface area contributed by atoms with Gasteiger partial charge in [-0.25, -0.2) is 0 Å². The van der Waals surface area contributed by atoms with Crippen molar-refractivity contribution in [1.82, 2.24) is 15.1 Å². The van der Waals surface area contributed by atoms with Gasteiger partial charge in [-0.3, -0.25) is 9.89 Å². The van der Waals surface area contributed by atoms with E-state index in [0.29, 0.717) is 6.04 Å². The van der Waals surface area contributed by atoms with E-state index < -0.39 is 0 Å². The van der Waals surface area contributed by atoms with Gasteiger partial charge in [-0.1, -0.05) is 35.9 Å². The van der Waals surface area contributed by atoms with E-state index in [1.54, 1.807) is 0 Å². The van der Waals surface area contributed by atoms with Crippen LogP contribution in [0, 0.1) is 6.92 Å². The molecule has 5 nitrogen and oxygen atoms in total. The molecule has 27 heavy (non-hydrogen) atoms. The molecule has 0 spiro atoms. The number of unbranched alkanes of at least 4 members (excludes halogenated alkanes) is 1. The van der Waals surface area contributed by atoms with Crippen LogP contribution in [0.1, 0.15) is 30.0 Å². The molecule has 152 valence electrons. The molecule has 0 bridgehead atoms. The predicted octanol–water partition coefficient (Wildman–Crippen LogP) is 3.46. The van der Waals surface area contributed by atoms with Crippen molar-refractivity contribution >= 4 is 29.9 Å². The van der Waals surface area contributed by atoms with E-state index in [0.717, 1.165) is 58.2 Å². The number of aryl methyl sites for hydroxylation is 1. The summed E-state index contributed by atoms with van der Waals surface area (Å²) in [6.45, 7) is 11.3. The van der Waals surface area contributed by atoms with E-state index in [1.807, 2.05) is 13.1 Å². The Morgan fingerprint density at radius 3 is 2.59 bits per heavy atom. The summed E-state index contributed by atoms with van der Waals surface area (Å²) >= 11 is 0. The Kier molecular flexibility index (Phi) is 11.6. The van der Waals surface area contributed by atoms with E-state index in [-0.39, 0.29) is 24.0 Å². The summed E-state index contributed by atoms with van der Waals surface area (Å²) in [5.74, 6) is 0.944. The molecular weight excluding hydrogens is 451 g/mol. The number of morpholine rings is 1. The van der Waals surface area contributed by atoms with Gasteiger partial charge in [-0.15, -0.1) is 30.6 Å². The lowest BCUT2D eigenvalue weighted by atomic mass is 10.0. The van der Waals surface area contributed by atoms with Crippen molar-refractivity contribution in [3.05, 3.63) is 48.0 Å². The van der Waals surface area contributed by atoms with E-state index in [1.165, 1.54) is 11.1 Å². The van der Waals surface area contributed by atoms with Gasteiger partial charge in [0, 0.05) is 40.3 Å². The fourth-order valence-corrected chi connectivity index (χ4v) is 3.29. The molecule has 0 radical (unpaired) electrons. The SMILES string of the molecule is C=CCCCN(C)C(=NC)NCC(c1ccc(C)cc1)N1CCOCC1.I. The van der Waals surface area contributed by atoms with Crippen molar-refractivity contribution in [1.29, 1.82) is 0 Å². The Labute approximate surface area is 181 Å². The molecule has 1 N–H and O–H groups in total. The number of nitrogens with one attached hydrogen (secondary N) is 1. The van der Waals surface area contributed by atoms with Crippen LogP contribution in [0.25, 0.3) is 0 Å². The molecule has 0 aromatic heterocycles. The summed E-state index contributed by atoms with van der Waals surface area (Å²) in [5, 5.41) is 3.57. The number of nitrogens with zero attached hydrogens (tertiary/aromatic N) is 3. The third-order valence-electron chi connectivity index (χ3n) is 4.88. The number of guanidine groups is 1. The van der Waals surface area contributed by atoms with Crippen LogP contribution in [0.3, 0.4) is 0 Å². The van der Waals surface area contributed by atoms with Crippen molar-refractivity contribution in [2.24, 2.45) is 4.99 Å². The quantitative estimate of drug-likeness (QED) is 0.201. The van der Waals surface area contributed by atoms with Gasteiger partial charge in [0.15, 0.2) is 5.96 Å². The van der Waals surface area contributed by atoms with Crippen LogP contribution in [0.4, 0.5) is 0 Å². The number of benzene rings is 1. The van der Waals surface area contributed by atoms with Gasteiger partial charge >= 0.3 is 0 Å². The second-order valence-electron chi connectivity index (χ2n) is 6.86. The van der Waals surface area contributed by atoms with Crippen LogP contribution in [0.2, 0.25) is 0 Å². The van der Waals surface area contributed by atoms with Crippen LogP contribution in [0.5, 0.6) is 0 Å². The lowest BCUT2D eigenvalue weighted by Crippen LogP contribution is -2.46. The minimum absolute atomic E-state index is 0. The topological polar surface area (TPSA) is 40.1 Å². The first kappa shape index (κ1) is 23.9. The molecule has 1 atom stereocenters. The maximum atomic E-state index is 5.54. The average Bonchev–Trinajstić information content (AvgIpc) is 2.67. The Bertz CT molecular complexity index is 570. The Hall–Kier alpha value is -1.12. The highest BCUT2D eigenvalue weighted by Gasteiger charge is 2.23. The average molecular weight is 486 g/mol. The Morgan fingerprint density at radius 2 is 2.00 bits per heavy atom. The third kappa shape index (κ3) is 7.79. The minimum Gasteiger partial charge on any atom is -0.379 e. The van der Waals surface area contributed by atoms with E-state index in [9.17, 15) is 0 Å². The molecule has 1 heterocycles. The van der Waals surface area contributed by atoms with Gasteiger partial charge in [0.1, 0.15) is 0 Å². The lowest BCUT2D eigenvalue weighted by Gasteiger charge is -2.35. The number of ether oxygens (including phenoxy) is 1. The maximum Gasteiger partial charge on any atom is 0.193 e. The highest BCUT2D eigenvalue weighted by molar-refractivity contribution is 14.0. The Morgan fingerprint density at radius 1 is 1.33 bits per heavy atom. The van der Waals surface area contributed by atoms with Gasteiger partial charge in [0.2, 0.25) is 0 Å². The summed E-state index contributed by atoms with van der Waals surface area (Å²) in [7, 11) is 3.94. The number of hydrogen-bond donors (Lipinski definition) is 1. The monoisotopic (exact) mass is 486 g/mol. The van der Waals surface area contributed by atoms with Crippen molar-refractivity contribution in [2.75, 3.05) is 53.5 Å². The maximum absolute atomic E-state index is 5.54. The molecule has 0 amide bonds. The molecule has 1 fully saturated rings. The molecule has 2 rings (SSSR count). The van der Waals surface area contributed by atoms with Crippen LogP contribution in [-0.2, 0) is 4.74 Å². The molecule has 1 unspecified atom stereocenters. The Balaban J connectivity index is 0.00000364. The smallest absolute Gasteiger partial charge is 0.193 e. The number of rotatable bonds is 8. The second kappa shape index (κ2) is 13.1. The van der Waals surface area contributed by atoms with Crippen LogP contribution < -0.4 is 5.32 Å². The normalized spacial score (nSPS) is 16.3. The molecule has 6 heteroatoms. The molecule has 1 aliphatic rings. The summed E-state index contributed by atoms with van der Waals surface area (Å²) in [4.78, 5) is 9.15. The highest BCUT2D eigenvalue weighted by atomic mass is 127. The standard InChI is InChI=1S/C21H34N4O.HI/c1-5-6-7-12-24(4)21(22-3)23-17-20(25-13-15-26-16-14-25)19-10-8-18(2)9-11-19;/h5,8-11,20H,1,6-7,12-17H2,2-4H3,(H,22,23);1H. The molecule has 1 aromatic rings. The molecule has 0 aliphatic carbocycles. The summed E-state index contributed by atoms with van der Waals surface area (Å²) in [6.07, 6.45) is 4.09. The first-order valence-electron chi connectivity index (χ1n) is 9.56. The predicted molar refractivity (Wildman–Crippen MR) is 125 cm³/mol. The summed E-state index contributed by atoms with van der Waals surface area (Å²) in [5.41, 5.74) is 2.63. The number of aliphatic imine (C=N–C) groups is 1. The summed E-state index contributed by atoms with van der Waals surface area (Å²) in [6, 6.07) is 9.19. The molecule has 1 saturated heterocycles. The van der Waals surface area contributed by atoms with E-state index in [4.69, 9.17) is 4.74 Å². The van der Waals surface area contributed by atoms with E-state index in [2.05, 4.69) is 64.9 Å². The van der Waals surface area contributed by atoms with Gasteiger partial charge in [0.25, 0.3) is 0 Å². The second-order valence-corrected chi connectivity index (χ2v) is 6.86. The van der Waals surface area contributed by atoms with Gasteiger partial charge in [-0.2, -0.15) is 0 Å². The van der Waals surface area contributed by atoms with Crippen molar-refractivity contribution in [3.63, 3.8) is 0 Å². The lowest BCUT2D eigenvalue weighted by molar-refractivity contribution is 0.0169. The summed E-state index contributed by atoms with van der Waals surface area (Å²) < 4.78 is 5.54. The van der Waals surface area contributed by atoms with Gasteiger partial charge in [0.05, 0.1) is 19.3 Å². The third-order valence-corrected chi connectivity index (χ3v) is 4.88.